The maximum Gasteiger partial charge on any atom is 0.419 e. The molecule has 1 fully saturated rings. The number of anilines is 2. The molecule has 5 rings (SSSR count). The van der Waals surface area contributed by atoms with E-state index in [1.165, 1.54) is 18.5 Å². The number of alkyl halides is 3. The number of methoxy groups -OCH3 is 1. The molecule has 0 amide bonds. The van der Waals surface area contributed by atoms with E-state index in [1.54, 1.807) is 18.2 Å². The number of carbonyl (C=O) groups is 1. The number of hydrogen-bond donors (Lipinski definition) is 1. The van der Waals surface area contributed by atoms with Crippen LogP contribution in [0.25, 0.3) is 0 Å². The van der Waals surface area contributed by atoms with Gasteiger partial charge in [0.15, 0.2) is 5.78 Å². The van der Waals surface area contributed by atoms with E-state index in [2.05, 4.69) is 27.2 Å². The third-order valence-electron chi connectivity index (χ3n) is 9.25. The minimum Gasteiger partial charge on any atom is -0.495 e. The maximum atomic E-state index is 14.2. The first-order valence-electron chi connectivity index (χ1n) is 15.3. The fourth-order valence-corrected chi connectivity index (χ4v) is 7.37. The fraction of sp³-hybridized carbons (Fsp3) is 0.485. The number of aromatic nitrogens is 2. The number of benzene rings is 2. The van der Waals surface area contributed by atoms with Crippen LogP contribution in [0.3, 0.4) is 0 Å². The number of halogens is 3. The van der Waals surface area contributed by atoms with Crippen molar-refractivity contribution in [3.05, 3.63) is 76.1 Å². The zero-order valence-electron chi connectivity index (χ0n) is 26.7. The van der Waals surface area contributed by atoms with Crippen molar-refractivity contribution in [3.8, 4) is 5.75 Å². The van der Waals surface area contributed by atoms with E-state index in [0.717, 1.165) is 49.5 Å². The number of nitrogens with one attached hydrogen (secondary N) is 1. The van der Waals surface area contributed by atoms with Crippen LogP contribution in [0.1, 0.15) is 63.6 Å². The van der Waals surface area contributed by atoms with Gasteiger partial charge in [0.2, 0.25) is 16.0 Å². The summed E-state index contributed by atoms with van der Waals surface area (Å²) in [6, 6.07) is 10.0. The zero-order valence-corrected chi connectivity index (χ0v) is 27.5. The fourth-order valence-electron chi connectivity index (χ4n) is 6.67. The van der Waals surface area contributed by atoms with Crippen LogP contribution in [-0.4, -0.2) is 73.9 Å². The number of piperidine rings is 1. The highest BCUT2D eigenvalue weighted by molar-refractivity contribution is 7.88. The summed E-state index contributed by atoms with van der Waals surface area (Å²) >= 11 is 0. The predicted octanol–water partition coefficient (Wildman–Crippen LogP) is 5.82. The largest absolute Gasteiger partial charge is 0.495 e. The molecule has 2 heterocycles. The molecule has 3 aromatic rings. The van der Waals surface area contributed by atoms with E-state index in [1.807, 2.05) is 25.1 Å². The lowest BCUT2D eigenvalue weighted by Gasteiger charge is -2.29. The van der Waals surface area contributed by atoms with E-state index in [-0.39, 0.29) is 23.8 Å². The summed E-state index contributed by atoms with van der Waals surface area (Å²) in [5, 5.41) is 3.00. The number of hydrogen-bond acceptors (Lipinski definition) is 8. The van der Waals surface area contributed by atoms with Gasteiger partial charge in [0.1, 0.15) is 5.75 Å². The molecule has 248 valence electrons. The molecule has 2 aliphatic rings. The molecule has 9 nitrogen and oxygen atoms in total. The number of likely N-dealkylation sites (tertiary alicyclic amines) is 1. The smallest absolute Gasteiger partial charge is 0.419 e. The van der Waals surface area contributed by atoms with Gasteiger partial charge in [0.25, 0.3) is 0 Å². The SMILES string of the molecule is COc1cc(C(=O)CC2CCN(C)CC2)c(C)cc1Nc1ncc(C(F)(F)F)c(C[C@@H]2Cc3ccccc3[C@H]2N(C)S(C)(=O)=O)n1. The average molecular weight is 660 g/mol. The first kappa shape index (κ1) is 33.8. The summed E-state index contributed by atoms with van der Waals surface area (Å²) in [5.74, 6) is 0.109. The van der Waals surface area contributed by atoms with E-state index in [9.17, 15) is 26.4 Å². The van der Waals surface area contributed by atoms with Crippen molar-refractivity contribution in [2.45, 2.75) is 51.2 Å². The molecule has 1 aromatic heterocycles. The Bertz CT molecular complexity index is 1710. The highest BCUT2D eigenvalue weighted by Crippen LogP contribution is 2.44. The third kappa shape index (κ3) is 7.37. The minimum absolute atomic E-state index is 0.0242. The second-order valence-electron chi connectivity index (χ2n) is 12.5. The second kappa shape index (κ2) is 13.3. The molecule has 13 heteroatoms. The highest BCUT2D eigenvalue weighted by atomic mass is 32.2. The van der Waals surface area contributed by atoms with Crippen LogP contribution in [-0.2, 0) is 29.0 Å². The molecular formula is C33H40F3N5O4S. The van der Waals surface area contributed by atoms with Crippen molar-refractivity contribution in [2.24, 2.45) is 11.8 Å². The number of nitrogens with zero attached hydrogens (tertiary/aromatic N) is 4. The molecule has 0 radical (unpaired) electrons. The number of aryl methyl sites for hydroxylation is 1. The zero-order chi connectivity index (χ0) is 33.4. The molecule has 0 bridgehead atoms. The van der Waals surface area contributed by atoms with Gasteiger partial charge in [-0.3, -0.25) is 4.79 Å². The molecule has 1 aliphatic carbocycles. The third-order valence-corrected chi connectivity index (χ3v) is 10.5. The Morgan fingerprint density at radius 1 is 1.17 bits per heavy atom. The topological polar surface area (TPSA) is 105 Å². The number of fused-ring (bicyclic) bond motifs is 1. The van der Waals surface area contributed by atoms with Gasteiger partial charge in [-0.2, -0.15) is 17.5 Å². The number of rotatable bonds is 10. The van der Waals surface area contributed by atoms with Crippen LogP contribution in [0.15, 0.2) is 42.6 Å². The summed E-state index contributed by atoms with van der Waals surface area (Å²) in [7, 11) is 1.33. The molecule has 2 atom stereocenters. The molecule has 0 unspecified atom stereocenters. The van der Waals surface area contributed by atoms with E-state index >= 15 is 0 Å². The summed E-state index contributed by atoms with van der Waals surface area (Å²) < 4.78 is 74.5. The lowest BCUT2D eigenvalue weighted by atomic mass is 9.89. The van der Waals surface area contributed by atoms with E-state index in [0.29, 0.717) is 41.3 Å². The summed E-state index contributed by atoms with van der Waals surface area (Å²) in [6.45, 7) is 3.73. The molecule has 0 spiro atoms. The van der Waals surface area contributed by atoms with Crippen LogP contribution in [0, 0.1) is 18.8 Å². The Balaban J connectivity index is 1.43. The quantitative estimate of drug-likeness (QED) is 0.272. The molecule has 1 N–H and O–H groups in total. The highest BCUT2D eigenvalue weighted by Gasteiger charge is 2.41. The normalized spacial score (nSPS) is 19.3. The van der Waals surface area contributed by atoms with Crippen molar-refractivity contribution in [1.29, 1.82) is 0 Å². The van der Waals surface area contributed by atoms with Gasteiger partial charge in [0, 0.05) is 25.2 Å². The van der Waals surface area contributed by atoms with Gasteiger partial charge in [-0.25, -0.2) is 18.4 Å². The molecule has 0 saturated carbocycles. The van der Waals surface area contributed by atoms with Crippen molar-refractivity contribution in [1.82, 2.24) is 19.2 Å². The van der Waals surface area contributed by atoms with Gasteiger partial charge in [-0.15, -0.1) is 0 Å². The van der Waals surface area contributed by atoms with E-state index in [4.69, 9.17) is 4.74 Å². The lowest BCUT2D eigenvalue weighted by Crippen LogP contribution is -2.34. The molecular weight excluding hydrogens is 619 g/mol. The van der Waals surface area contributed by atoms with Crippen molar-refractivity contribution in [2.75, 3.05) is 45.9 Å². The number of sulfonamides is 1. The average Bonchev–Trinajstić information content (AvgIpc) is 3.34. The second-order valence-corrected chi connectivity index (χ2v) is 14.6. The Kier molecular flexibility index (Phi) is 9.76. The Hall–Kier alpha value is -3.55. The summed E-state index contributed by atoms with van der Waals surface area (Å²) in [4.78, 5) is 23.8. The Morgan fingerprint density at radius 3 is 2.52 bits per heavy atom. The first-order chi connectivity index (χ1) is 21.7. The van der Waals surface area contributed by atoms with Crippen molar-refractivity contribution in [3.63, 3.8) is 0 Å². The van der Waals surface area contributed by atoms with Gasteiger partial charge < -0.3 is 15.0 Å². The van der Waals surface area contributed by atoms with Crippen LogP contribution in [0.5, 0.6) is 5.75 Å². The molecule has 1 saturated heterocycles. The lowest BCUT2D eigenvalue weighted by molar-refractivity contribution is -0.138. The minimum atomic E-state index is -4.72. The first-order valence-corrected chi connectivity index (χ1v) is 17.1. The Morgan fingerprint density at radius 2 is 1.87 bits per heavy atom. The Labute approximate surface area is 268 Å². The van der Waals surface area contributed by atoms with Crippen LogP contribution in [0.2, 0.25) is 0 Å². The van der Waals surface area contributed by atoms with Gasteiger partial charge in [-0.05, 0) is 93.4 Å². The monoisotopic (exact) mass is 659 g/mol. The van der Waals surface area contributed by atoms with Crippen LogP contribution >= 0.6 is 0 Å². The standard InChI is InChI=1S/C33H40F3N5O4S/c1-20-14-28(30(45-4)18-25(20)29(42)15-21-10-12-40(2)13-11-21)39-32-37-19-26(33(34,35)36)27(38-32)17-23-16-22-8-6-7-9-24(22)31(23)41(3)46(5,43)44/h6-9,14,18-19,21,23,31H,10-13,15-17H2,1-5H3,(H,37,38,39)/t23-,31-/m0/s1. The molecule has 46 heavy (non-hydrogen) atoms. The number of Topliss-reactive ketones (excluding diaryl/α,β-unsaturated/α-hetero) is 1. The van der Waals surface area contributed by atoms with Gasteiger partial charge in [0.05, 0.1) is 36.4 Å². The van der Waals surface area contributed by atoms with Crippen LogP contribution < -0.4 is 10.1 Å². The van der Waals surface area contributed by atoms with E-state index < -0.39 is 33.7 Å². The maximum absolute atomic E-state index is 14.2. The van der Waals surface area contributed by atoms with Crippen molar-refractivity contribution < 1.29 is 31.1 Å². The molecule has 1 aliphatic heterocycles. The number of ether oxygens (including phenoxy) is 1. The molecule has 2 aromatic carbocycles. The number of ketones is 1. The predicted molar refractivity (Wildman–Crippen MR) is 170 cm³/mol. The van der Waals surface area contributed by atoms with Crippen LogP contribution in [0.4, 0.5) is 24.8 Å². The van der Waals surface area contributed by atoms with Gasteiger partial charge >= 0.3 is 6.18 Å². The summed E-state index contributed by atoms with van der Waals surface area (Å²) in [6.07, 6.45) is -0.259. The number of carbonyl (C=O) groups excluding carboxylic acids is 1. The van der Waals surface area contributed by atoms with Gasteiger partial charge in [-0.1, -0.05) is 24.3 Å². The summed E-state index contributed by atoms with van der Waals surface area (Å²) in [5.41, 5.74) is 2.08. The van der Waals surface area contributed by atoms with Crippen molar-refractivity contribution >= 4 is 27.4 Å².